The van der Waals surface area contributed by atoms with Gasteiger partial charge < -0.3 is 15.1 Å². The Balaban J connectivity index is 1.60. The molecule has 0 saturated carbocycles. The van der Waals surface area contributed by atoms with Crippen LogP contribution in [0.3, 0.4) is 0 Å². The number of nitrogens with zero attached hydrogens (tertiary/aromatic N) is 2. The Morgan fingerprint density at radius 3 is 2.38 bits per heavy atom. The van der Waals surface area contributed by atoms with Crippen molar-refractivity contribution in [3.63, 3.8) is 0 Å². The quantitative estimate of drug-likeness (QED) is 0.820. The van der Waals surface area contributed by atoms with E-state index in [1.54, 1.807) is 12.1 Å². The molecule has 1 aliphatic heterocycles. The van der Waals surface area contributed by atoms with Crippen LogP contribution in [0.1, 0.15) is 25.3 Å². The first-order valence-corrected chi connectivity index (χ1v) is 8.59. The van der Waals surface area contributed by atoms with Crippen molar-refractivity contribution in [3.05, 3.63) is 35.6 Å². The summed E-state index contributed by atoms with van der Waals surface area (Å²) >= 11 is 0. The van der Waals surface area contributed by atoms with E-state index in [1.165, 1.54) is 12.1 Å². The molecule has 0 aromatic heterocycles. The van der Waals surface area contributed by atoms with Crippen molar-refractivity contribution in [2.24, 2.45) is 0 Å². The third-order valence-electron chi connectivity index (χ3n) is 4.39. The molecule has 0 unspecified atom stereocenters. The molecule has 0 atom stereocenters. The Hall–Kier alpha value is -1.95. The van der Waals surface area contributed by atoms with Crippen molar-refractivity contribution >= 4 is 11.8 Å². The van der Waals surface area contributed by atoms with E-state index in [1.807, 2.05) is 4.90 Å². The zero-order valence-electron chi connectivity index (χ0n) is 14.3. The average molecular weight is 335 g/mol. The molecule has 1 heterocycles. The van der Waals surface area contributed by atoms with Crippen LogP contribution in [0.5, 0.6) is 0 Å². The maximum atomic E-state index is 12.8. The molecule has 0 bridgehead atoms. The predicted octanol–water partition coefficient (Wildman–Crippen LogP) is 1.43. The number of likely N-dealkylation sites (N-methyl/N-ethyl adjacent to an activating group) is 1. The van der Waals surface area contributed by atoms with Gasteiger partial charge in [-0.25, -0.2) is 4.39 Å². The summed E-state index contributed by atoms with van der Waals surface area (Å²) in [6.07, 6.45) is 1.25. The first-order chi connectivity index (χ1) is 11.6. The Bertz CT molecular complexity index is 540. The summed E-state index contributed by atoms with van der Waals surface area (Å²) in [5.74, 6) is -0.256. The summed E-state index contributed by atoms with van der Waals surface area (Å²) < 4.78 is 12.8. The Morgan fingerprint density at radius 2 is 1.75 bits per heavy atom. The lowest BCUT2D eigenvalue weighted by Crippen LogP contribution is -2.49. The van der Waals surface area contributed by atoms with E-state index in [4.69, 9.17) is 0 Å². The molecule has 1 aliphatic rings. The number of halogens is 1. The zero-order valence-corrected chi connectivity index (χ0v) is 14.3. The lowest BCUT2D eigenvalue weighted by atomic mass is 10.1. The molecular formula is C18H26FN3O2. The largest absolute Gasteiger partial charge is 0.356 e. The van der Waals surface area contributed by atoms with Crippen molar-refractivity contribution in [2.75, 3.05) is 39.3 Å². The van der Waals surface area contributed by atoms with Gasteiger partial charge in [0.1, 0.15) is 5.82 Å². The first kappa shape index (κ1) is 18.4. The maximum absolute atomic E-state index is 12.8. The van der Waals surface area contributed by atoms with Gasteiger partial charge in [0.2, 0.25) is 11.8 Å². The van der Waals surface area contributed by atoms with E-state index in [-0.39, 0.29) is 17.6 Å². The highest BCUT2D eigenvalue weighted by molar-refractivity contribution is 5.79. The molecule has 0 aliphatic carbocycles. The third-order valence-corrected chi connectivity index (χ3v) is 4.39. The van der Waals surface area contributed by atoms with Gasteiger partial charge in [0, 0.05) is 45.6 Å². The Morgan fingerprint density at radius 1 is 1.08 bits per heavy atom. The van der Waals surface area contributed by atoms with E-state index in [9.17, 15) is 14.0 Å². The molecule has 0 radical (unpaired) electrons. The maximum Gasteiger partial charge on any atom is 0.224 e. The number of carbonyl (C=O) groups is 2. The number of hydrogen-bond donors (Lipinski definition) is 1. The number of nitrogens with one attached hydrogen (secondary N) is 1. The van der Waals surface area contributed by atoms with Gasteiger partial charge >= 0.3 is 0 Å². The molecule has 1 aromatic rings. The zero-order chi connectivity index (χ0) is 17.4. The molecule has 24 heavy (non-hydrogen) atoms. The van der Waals surface area contributed by atoms with Gasteiger partial charge in [-0.1, -0.05) is 19.1 Å². The van der Waals surface area contributed by atoms with Gasteiger partial charge in [-0.05, 0) is 30.7 Å². The van der Waals surface area contributed by atoms with Crippen LogP contribution in [0.15, 0.2) is 24.3 Å². The van der Waals surface area contributed by atoms with E-state index in [0.29, 0.717) is 25.8 Å². The van der Waals surface area contributed by atoms with E-state index in [2.05, 4.69) is 17.1 Å². The number of rotatable bonds is 7. The topological polar surface area (TPSA) is 52.6 Å². The summed E-state index contributed by atoms with van der Waals surface area (Å²) in [4.78, 5) is 28.1. The molecule has 1 N–H and O–H groups in total. The fourth-order valence-corrected chi connectivity index (χ4v) is 2.78. The van der Waals surface area contributed by atoms with Gasteiger partial charge in [0.15, 0.2) is 0 Å². The molecule has 2 amide bonds. The summed E-state index contributed by atoms with van der Waals surface area (Å²) in [7, 11) is 0. The monoisotopic (exact) mass is 335 g/mol. The van der Waals surface area contributed by atoms with E-state index in [0.717, 1.165) is 38.3 Å². The van der Waals surface area contributed by atoms with Gasteiger partial charge in [0.05, 0.1) is 0 Å². The van der Waals surface area contributed by atoms with Crippen LogP contribution in [-0.2, 0) is 16.0 Å². The summed E-state index contributed by atoms with van der Waals surface area (Å²) in [6.45, 7) is 6.90. The van der Waals surface area contributed by atoms with Gasteiger partial charge in [-0.3, -0.25) is 9.59 Å². The minimum absolute atomic E-state index is 0.0806. The number of benzene rings is 1. The summed E-state index contributed by atoms with van der Waals surface area (Å²) in [5, 5.41) is 2.78. The number of aryl methyl sites for hydroxylation is 1. The average Bonchev–Trinajstić information content (AvgIpc) is 2.61. The van der Waals surface area contributed by atoms with Crippen molar-refractivity contribution in [1.82, 2.24) is 15.1 Å². The van der Waals surface area contributed by atoms with Crippen molar-refractivity contribution in [3.8, 4) is 0 Å². The Kier molecular flexibility index (Phi) is 7.18. The molecule has 1 fully saturated rings. The molecule has 6 heteroatoms. The summed E-state index contributed by atoms with van der Waals surface area (Å²) in [5.41, 5.74) is 0.927. The van der Waals surface area contributed by atoms with Crippen LogP contribution in [0, 0.1) is 5.82 Å². The lowest BCUT2D eigenvalue weighted by molar-refractivity contribution is -0.132. The predicted molar refractivity (Wildman–Crippen MR) is 91.0 cm³/mol. The number of piperazine rings is 1. The first-order valence-electron chi connectivity index (χ1n) is 8.59. The lowest BCUT2D eigenvalue weighted by Gasteiger charge is -2.34. The number of amides is 2. The Labute approximate surface area is 142 Å². The number of carbonyl (C=O) groups excluding carboxylic acids is 2. The van der Waals surface area contributed by atoms with Crippen LogP contribution < -0.4 is 5.32 Å². The minimum atomic E-state index is -0.276. The second-order valence-corrected chi connectivity index (χ2v) is 6.04. The molecule has 1 aromatic carbocycles. The molecule has 132 valence electrons. The van der Waals surface area contributed by atoms with Crippen molar-refractivity contribution in [2.45, 2.75) is 26.2 Å². The smallest absolute Gasteiger partial charge is 0.224 e. The second kappa shape index (κ2) is 9.37. The van der Waals surface area contributed by atoms with Crippen LogP contribution in [-0.4, -0.2) is 60.9 Å². The van der Waals surface area contributed by atoms with Crippen LogP contribution in [0.25, 0.3) is 0 Å². The molecular weight excluding hydrogens is 309 g/mol. The van der Waals surface area contributed by atoms with Gasteiger partial charge in [-0.2, -0.15) is 0 Å². The highest BCUT2D eigenvalue weighted by atomic mass is 19.1. The molecule has 5 nitrogen and oxygen atoms in total. The minimum Gasteiger partial charge on any atom is -0.356 e. The fraction of sp³-hybridized carbons (Fsp3) is 0.556. The normalized spacial score (nSPS) is 15.3. The SMILES string of the molecule is CCN1CCN(C(=O)CCNC(=O)CCc2ccc(F)cc2)CC1. The fourth-order valence-electron chi connectivity index (χ4n) is 2.78. The van der Waals surface area contributed by atoms with Crippen LogP contribution in [0.2, 0.25) is 0 Å². The van der Waals surface area contributed by atoms with E-state index >= 15 is 0 Å². The van der Waals surface area contributed by atoms with Crippen molar-refractivity contribution in [1.29, 1.82) is 0 Å². The highest BCUT2D eigenvalue weighted by Gasteiger charge is 2.19. The third kappa shape index (κ3) is 5.92. The molecule has 2 rings (SSSR count). The van der Waals surface area contributed by atoms with Crippen LogP contribution in [0.4, 0.5) is 4.39 Å². The number of hydrogen-bond acceptors (Lipinski definition) is 3. The second-order valence-electron chi connectivity index (χ2n) is 6.04. The molecule has 1 saturated heterocycles. The summed E-state index contributed by atoms with van der Waals surface area (Å²) in [6, 6.07) is 6.15. The van der Waals surface area contributed by atoms with Crippen LogP contribution >= 0.6 is 0 Å². The van der Waals surface area contributed by atoms with Gasteiger partial charge in [-0.15, -0.1) is 0 Å². The highest BCUT2D eigenvalue weighted by Crippen LogP contribution is 2.06. The standard InChI is InChI=1S/C18H26FN3O2/c1-2-21-11-13-22(14-12-21)18(24)9-10-20-17(23)8-5-15-3-6-16(19)7-4-15/h3-4,6-7H,2,5,8-14H2,1H3,(H,20,23). The van der Waals surface area contributed by atoms with Crippen molar-refractivity contribution < 1.29 is 14.0 Å². The van der Waals surface area contributed by atoms with E-state index < -0.39 is 0 Å². The van der Waals surface area contributed by atoms with Gasteiger partial charge in [0.25, 0.3) is 0 Å². The molecule has 0 spiro atoms.